The smallest absolute Gasteiger partial charge is 0.417 e. The topological polar surface area (TPSA) is 91.1 Å². The maximum atomic E-state index is 13.7. The Hall–Kier alpha value is -4.28. The van der Waals surface area contributed by atoms with Crippen LogP contribution in [0.3, 0.4) is 0 Å². The number of nitro benzene ring substituents is 1. The monoisotopic (exact) mass is 516 g/mol. The van der Waals surface area contributed by atoms with E-state index in [2.05, 4.69) is 0 Å². The zero-order chi connectivity index (χ0) is 26.7. The molecule has 0 aromatic heterocycles. The van der Waals surface area contributed by atoms with Crippen molar-refractivity contribution in [3.05, 3.63) is 93.0 Å². The summed E-state index contributed by atoms with van der Waals surface area (Å²) >= 11 is 0. The van der Waals surface area contributed by atoms with Gasteiger partial charge in [0.15, 0.2) is 11.5 Å². The second kappa shape index (κ2) is 10.4. The number of halogens is 3. The number of non-ortho nitro benzene ring substituents is 1. The van der Waals surface area contributed by atoms with Crippen molar-refractivity contribution >= 4 is 11.6 Å². The number of carbonyl (C=O) groups excluding carboxylic acids is 1. The molecule has 1 aliphatic heterocycles. The van der Waals surface area contributed by atoms with Gasteiger partial charge >= 0.3 is 6.18 Å². The SMILES string of the molecule is COc1cc2c(cc1OC)[C@H](COc1ccc([N+](=O)[O-])cc1)N(C(=O)c1ccccc1C(F)(F)F)CC2. The summed E-state index contributed by atoms with van der Waals surface area (Å²) in [7, 11) is 2.95. The molecule has 1 heterocycles. The van der Waals surface area contributed by atoms with Crippen molar-refractivity contribution in [1.82, 2.24) is 4.90 Å². The van der Waals surface area contributed by atoms with Crippen LogP contribution in [-0.4, -0.2) is 43.1 Å². The lowest BCUT2D eigenvalue weighted by atomic mass is 9.91. The minimum atomic E-state index is -4.71. The molecule has 1 amide bonds. The Balaban J connectivity index is 1.73. The zero-order valence-corrected chi connectivity index (χ0v) is 19.9. The van der Waals surface area contributed by atoms with Gasteiger partial charge in [0.2, 0.25) is 0 Å². The Labute approximate surface area is 210 Å². The van der Waals surface area contributed by atoms with E-state index in [1.54, 1.807) is 12.1 Å². The van der Waals surface area contributed by atoms with Gasteiger partial charge in [-0.25, -0.2) is 0 Å². The summed E-state index contributed by atoms with van der Waals surface area (Å²) < 4.78 is 57.7. The highest BCUT2D eigenvalue weighted by Gasteiger charge is 2.39. The first-order chi connectivity index (χ1) is 17.6. The minimum Gasteiger partial charge on any atom is -0.493 e. The van der Waals surface area contributed by atoms with Gasteiger partial charge in [0.1, 0.15) is 12.4 Å². The van der Waals surface area contributed by atoms with Crippen LogP contribution in [0, 0.1) is 10.1 Å². The third-order valence-electron chi connectivity index (χ3n) is 6.18. The Kier molecular flexibility index (Phi) is 7.23. The molecule has 0 saturated carbocycles. The maximum absolute atomic E-state index is 13.7. The molecule has 8 nitrogen and oxygen atoms in total. The molecule has 0 radical (unpaired) electrons. The van der Waals surface area contributed by atoms with Gasteiger partial charge in [-0.2, -0.15) is 13.2 Å². The summed E-state index contributed by atoms with van der Waals surface area (Å²) in [6, 6.07) is 12.7. The van der Waals surface area contributed by atoms with Gasteiger partial charge in [0.05, 0.1) is 36.3 Å². The van der Waals surface area contributed by atoms with Crippen molar-refractivity contribution in [2.45, 2.75) is 18.6 Å². The number of fused-ring (bicyclic) bond motifs is 1. The van der Waals surface area contributed by atoms with E-state index >= 15 is 0 Å². The number of carbonyl (C=O) groups is 1. The lowest BCUT2D eigenvalue weighted by molar-refractivity contribution is -0.384. The molecule has 1 aliphatic rings. The molecule has 0 bridgehead atoms. The summed E-state index contributed by atoms with van der Waals surface area (Å²) in [5.74, 6) is 0.400. The van der Waals surface area contributed by atoms with Crippen LogP contribution < -0.4 is 14.2 Å². The van der Waals surface area contributed by atoms with Crippen molar-refractivity contribution in [2.75, 3.05) is 27.4 Å². The Bertz CT molecular complexity index is 1310. The number of hydrogen-bond acceptors (Lipinski definition) is 6. The molecule has 0 aliphatic carbocycles. The number of amides is 1. The number of rotatable bonds is 7. The van der Waals surface area contributed by atoms with E-state index in [4.69, 9.17) is 14.2 Å². The molecular weight excluding hydrogens is 493 g/mol. The average molecular weight is 516 g/mol. The second-order valence-corrected chi connectivity index (χ2v) is 8.28. The van der Waals surface area contributed by atoms with Crippen molar-refractivity contribution in [2.24, 2.45) is 0 Å². The van der Waals surface area contributed by atoms with Gasteiger partial charge in [-0.15, -0.1) is 0 Å². The molecule has 3 aromatic carbocycles. The molecule has 37 heavy (non-hydrogen) atoms. The van der Waals surface area contributed by atoms with Crippen LogP contribution in [0.15, 0.2) is 60.7 Å². The fraction of sp³-hybridized carbons (Fsp3) is 0.269. The highest BCUT2D eigenvalue weighted by molar-refractivity contribution is 5.96. The Morgan fingerprint density at radius 2 is 1.70 bits per heavy atom. The van der Waals surface area contributed by atoms with Crippen LogP contribution in [0.5, 0.6) is 17.2 Å². The van der Waals surface area contributed by atoms with Gasteiger partial charge in [0, 0.05) is 18.7 Å². The van der Waals surface area contributed by atoms with E-state index < -0.39 is 34.2 Å². The molecule has 11 heteroatoms. The fourth-order valence-corrected chi connectivity index (χ4v) is 4.36. The fourth-order valence-electron chi connectivity index (χ4n) is 4.36. The average Bonchev–Trinajstić information content (AvgIpc) is 2.90. The largest absolute Gasteiger partial charge is 0.493 e. The van der Waals surface area contributed by atoms with Crippen LogP contribution in [0.2, 0.25) is 0 Å². The molecule has 3 aromatic rings. The third kappa shape index (κ3) is 5.30. The minimum absolute atomic E-state index is 0.111. The van der Waals surface area contributed by atoms with Gasteiger partial charge in [-0.3, -0.25) is 14.9 Å². The maximum Gasteiger partial charge on any atom is 0.417 e. The van der Waals surface area contributed by atoms with Gasteiger partial charge in [-0.1, -0.05) is 12.1 Å². The number of nitrogens with zero attached hydrogens (tertiary/aromatic N) is 2. The predicted octanol–water partition coefficient (Wildman–Crippen LogP) is 5.45. The van der Waals surface area contributed by atoms with E-state index in [0.717, 1.165) is 17.7 Å². The van der Waals surface area contributed by atoms with Crippen LogP contribution in [0.25, 0.3) is 0 Å². The molecule has 0 spiro atoms. The molecule has 0 fully saturated rings. The van der Waals surface area contributed by atoms with E-state index in [-0.39, 0.29) is 18.8 Å². The highest BCUT2D eigenvalue weighted by atomic mass is 19.4. The number of ether oxygens (including phenoxy) is 3. The lowest BCUT2D eigenvalue weighted by Gasteiger charge is -2.38. The van der Waals surface area contributed by atoms with Crippen molar-refractivity contribution < 1.29 is 37.1 Å². The Morgan fingerprint density at radius 1 is 1.05 bits per heavy atom. The molecule has 1 atom stereocenters. The van der Waals surface area contributed by atoms with Crippen LogP contribution in [0.1, 0.15) is 33.1 Å². The zero-order valence-electron chi connectivity index (χ0n) is 19.9. The van der Waals surface area contributed by atoms with Gasteiger partial charge in [-0.05, 0) is 53.9 Å². The van der Waals surface area contributed by atoms with Gasteiger partial charge in [0.25, 0.3) is 11.6 Å². The van der Waals surface area contributed by atoms with E-state index in [1.165, 1.54) is 55.5 Å². The van der Waals surface area contributed by atoms with Crippen LogP contribution in [0.4, 0.5) is 18.9 Å². The highest BCUT2D eigenvalue weighted by Crippen LogP contribution is 2.40. The summed E-state index contributed by atoms with van der Waals surface area (Å²) in [5.41, 5.74) is -0.119. The Morgan fingerprint density at radius 3 is 2.32 bits per heavy atom. The first-order valence-electron chi connectivity index (χ1n) is 11.2. The molecule has 194 valence electrons. The van der Waals surface area contributed by atoms with Crippen LogP contribution in [-0.2, 0) is 12.6 Å². The molecule has 0 N–H and O–H groups in total. The molecule has 0 saturated heterocycles. The number of alkyl halides is 3. The van der Waals surface area contributed by atoms with Gasteiger partial charge < -0.3 is 19.1 Å². The van der Waals surface area contributed by atoms with Crippen molar-refractivity contribution in [1.29, 1.82) is 0 Å². The second-order valence-electron chi connectivity index (χ2n) is 8.28. The standard InChI is InChI=1S/C26H23F3N2O6/c1-35-23-13-16-11-12-30(25(32)19-5-3-4-6-21(19)26(27,28)29)22(20(16)14-24(23)36-2)15-37-18-9-7-17(8-10-18)31(33)34/h3-10,13-14,22H,11-12,15H2,1-2H3/t22-/m0/s1. The quantitative estimate of drug-likeness (QED) is 0.306. The molecule has 4 rings (SSSR count). The van der Waals surface area contributed by atoms with E-state index in [9.17, 15) is 28.1 Å². The molecule has 0 unspecified atom stereocenters. The molecular formula is C26H23F3N2O6. The number of nitro groups is 1. The summed E-state index contributed by atoms with van der Waals surface area (Å²) in [4.78, 5) is 25.3. The normalized spacial score (nSPS) is 15.1. The van der Waals surface area contributed by atoms with E-state index in [1.807, 2.05) is 0 Å². The number of hydrogen-bond donors (Lipinski definition) is 0. The van der Waals surface area contributed by atoms with Crippen LogP contribution >= 0.6 is 0 Å². The van der Waals surface area contributed by atoms with Crippen molar-refractivity contribution in [3.8, 4) is 17.2 Å². The summed E-state index contributed by atoms with van der Waals surface area (Å²) in [6.45, 7) is 0.0298. The predicted molar refractivity (Wildman–Crippen MR) is 127 cm³/mol. The van der Waals surface area contributed by atoms with E-state index in [0.29, 0.717) is 29.2 Å². The number of benzene rings is 3. The first kappa shape index (κ1) is 25.8. The van der Waals surface area contributed by atoms with Crippen molar-refractivity contribution in [3.63, 3.8) is 0 Å². The number of methoxy groups -OCH3 is 2. The summed E-state index contributed by atoms with van der Waals surface area (Å²) in [5, 5.41) is 10.9. The third-order valence-corrected chi connectivity index (χ3v) is 6.18. The first-order valence-corrected chi connectivity index (χ1v) is 11.2. The summed E-state index contributed by atoms with van der Waals surface area (Å²) in [6.07, 6.45) is -4.33. The lowest BCUT2D eigenvalue weighted by Crippen LogP contribution is -2.43.